The van der Waals surface area contributed by atoms with Crippen molar-refractivity contribution in [1.29, 1.82) is 0 Å². The van der Waals surface area contributed by atoms with Gasteiger partial charge in [-0.25, -0.2) is 0 Å². The molecular formula is C16H21N3OS. The highest BCUT2D eigenvalue weighted by molar-refractivity contribution is 7.10. The van der Waals surface area contributed by atoms with Crippen molar-refractivity contribution in [1.82, 2.24) is 14.7 Å². The molecule has 2 atom stereocenters. The lowest BCUT2D eigenvalue weighted by molar-refractivity contribution is -0.135. The fourth-order valence-corrected chi connectivity index (χ4v) is 4.06. The minimum atomic E-state index is -0.237. The third-order valence-electron chi connectivity index (χ3n) is 4.18. The van der Waals surface area contributed by atoms with E-state index in [0.29, 0.717) is 0 Å². The van der Waals surface area contributed by atoms with Crippen LogP contribution >= 0.6 is 11.3 Å². The van der Waals surface area contributed by atoms with E-state index in [1.54, 1.807) is 11.3 Å². The Balaban J connectivity index is 1.82. The topological polar surface area (TPSA) is 38.1 Å². The molecule has 0 spiro atoms. The number of hydrogen-bond donors (Lipinski definition) is 0. The molecule has 1 aliphatic heterocycles. The van der Waals surface area contributed by atoms with Crippen LogP contribution in [0.1, 0.15) is 48.1 Å². The first kappa shape index (κ1) is 14.3. The highest BCUT2D eigenvalue weighted by Gasteiger charge is 2.34. The van der Waals surface area contributed by atoms with Crippen molar-refractivity contribution in [3.63, 3.8) is 0 Å². The molecule has 1 fully saturated rings. The Morgan fingerprint density at radius 2 is 2.29 bits per heavy atom. The maximum absolute atomic E-state index is 12.9. The summed E-state index contributed by atoms with van der Waals surface area (Å²) >= 11 is 1.74. The van der Waals surface area contributed by atoms with Crippen molar-refractivity contribution in [3.8, 4) is 0 Å². The second-order valence-corrected chi connectivity index (χ2v) is 6.73. The molecule has 3 heterocycles. The third kappa shape index (κ3) is 2.62. The van der Waals surface area contributed by atoms with E-state index >= 15 is 0 Å². The number of hydrogen-bond acceptors (Lipinski definition) is 3. The molecule has 0 aromatic carbocycles. The van der Waals surface area contributed by atoms with Gasteiger partial charge in [0.2, 0.25) is 5.91 Å². The van der Waals surface area contributed by atoms with E-state index in [1.807, 2.05) is 36.4 Å². The van der Waals surface area contributed by atoms with Gasteiger partial charge in [-0.05, 0) is 51.1 Å². The average molecular weight is 303 g/mol. The van der Waals surface area contributed by atoms with Crippen LogP contribution in [0.4, 0.5) is 0 Å². The number of amides is 1. The first-order valence-corrected chi connectivity index (χ1v) is 8.32. The van der Waals surface area contributed by atoms with Crippen LogP contribution in [0.2, 0.25) is 0 Å². The largest absolute Gasteiger partial charge is 0.333 e. The van der Waals surface area contributed by atoms with Crippen LogP contribution < -0.4 is 0 Å². The molecule has 0 radical (unpaired) electrons. The maximum Gasteiger partial charge on any atom is 0.247 e. The van der Waals surface area contributed by atoms with Gasteiger partial charge in [0, 0.05) is 17.1 Å². The zero-order chi connectivity index (χ0) is 15.0. The lowest BCUT2D eigenvalue weighted by Gasteiger charge is -2.27. The lowest BCUT2D eigenvalue weighted by Crippen LogP contribution is -2.36. The summed E-state index contributed by atoms with van der Waals surface area (Å²) in [4.78, 5) is 16.2. The summed E-state index contributed by atoms with van der Waals surface area (Å²) in [7, 11) is 0. The number of rotatable bonds is 3. The zero-order valence-electron chi connectivity index (χ0n) is 12.7. The van der Waals surface area contributed by atoms with Crippen LogP contribution in [0, 0.1) is 13.8 Å². The minimum absolute atomic E-state index is 0.178. The van der Waals surface area contributed by atoms with E-state index in [4.69, 9.17) is 0 Å². The Labute approximate surface area is 129 Å². The average Bonchev–Trinajstić information content (AvgIpc) is 3.16. The summed E-state index contributed by atoms with van der Waals surface area (Å²) in [6.07, 6.45) is 2.15. The summed E-state index contributed by atoms with van der Waals surface area (Å²) in [6, 6.07) is 6.22. The molecule has 1 aliphatic rings. The Kier molecular flexibility index (Phi) is 3.85. The van der Waals surface area contributed by atoms with Gasteiger partial charge < -0.3 is 4.90 Å². The molecule has 4 nitrogen and oxygen atoms in total. The number of carbonyl (C=O) groups excluding carboxylic acids is 1. The van der Waals surface area contributed by atoms with Crippen molar-refractivity contribution in [2.45, 2.75) is 45.7 Å². The molecule has 2 unspecified atom stereocenters. The Morgan fingerprint density at radius 1 is 1.48 bits per heavy atom. The third-order valence-corrected chi connectivity index (χ3v) is 5.15. The van der Waals surface area contributed by atoms with Crippen molar-refractivity contribution < 1.29 is 4.79 Å². The van der Waals surface area contributed by atoms with Gasteiger partial charge in [-0.1, -0.05) is 6.07 Å². The van der Waals surface area contributed by atoms with Crippen LogP contribution in [0.3, 0.4) is 0 Å². The van der Waals surface area contributed by atoms with Gasteiger partial charge >= 0.3 is 0 Å². The summed E-state index contributed by atoms with van der Waals surface area (Å²) < 4.78 is 1.85. The van der Waals surface area contributed by atoms with Crippen molar-refractivity contribution >= 4 is 17.2 Å². The predicted octanol–water partition coefficient (Wildman–Crippen LogP) is 3.49. The molecule has 0 N–H and O–H groups in total. The number of likely N-dealkylation sites (tertiary alicyclic amines) is 1. The quantitative estimate of drug-likeness (QED) is 0.870. The van der Waals surface area contributed by atoms with Crippen LogP contribution in [-0.2, 0) is 4.79 Å². The SMILES string of the molecule is Cc1cc(C)n(C(C)C(=O)N2CCCC2c2cccs2)n1. The molecule has 0 saturated carbocycles. The molecule has 2 aromatic heterocycles. The lowest BCUT2D eigenvalue weighted by atomic mass is 10.1. The normalized spacial score (nSPS) is 20.0. The molecule has 1 amide bonds. The van der Waals surface area contributed by atoms with Gasteiger partial charge in [0.05, 0.1) is 11.7 Å². The highest BCUT2D eigenvalue weighted by Crippen LogP contribution is 2.35. The number of aromatic nitrogens is 2. The second kappa shape index (κ2) is 5.64. The van der Waals surface area contributed by atoms with Crippen LogP contribution in [-0.4, -0.2) is 27.1 Å². The molecule has 2 aromatic rings. The van der Waals surface area contributed by atoms with E-state index in [2.05, 4.69) is 22.6 Å². The van der Waals surface area contributed by atoms with Crippen LogP contribution in [0.15, 0.2) is 23.6 Å². The maximum atomic E-state index is 12.9. The number of carbonyl (C=O) groups is 1. The molecule has 0 bridgehead atoms. The Hall–Kier alpha value is -1.62. The second-order valence-electron chi connectivity index (χ2n) is 5.75. The summed E-state index contributed by atoms with van der Waals surface area (Å²) in [5.74, 6) is 0.178. The Bertz CT molecular complexity index is 632. The van der Waals surface area contributed by atoms with Crippen molar-refractivity contribution in [2.75, 3.05) is 6.54 Å². The molecule has 0 aliphatic carbocycles. The van der Waals surface area contributed by atoms with Gasteiger partial charge in [-0.2, -0.15) is 5.10 Å². The summed E-state index contributed by atoms with van der Waals surface area (Å²) in [6.45, 7) is 6.77. The van der Waals surface area contributed by atoms with E-state index in [9.17, 15) is 4.79 Å². The molecular weight excluding hydrogens is 282 g/mol. The first-order valence-electron chi connectivity index (χ1n) is 7.44. The molecule has 21 heavy (non-hydrogen) atoms. The monoisotopic (exact) mass is 303 g/mol. The number of aryl methyl sites for hydroxylation is 2. The first-order chi connectivity index (χ1) is 10.1. The number of thiophene rings is 1. The van der Waals surface area contributed by atoms with E-state index in [-0.39, 0.29) is 18.0 Å². The van der Waals surface area contributed by atoms with Crippen molar-refractivity contribution in [2.24, 2.45) is 0 Å². The zero-order valence-corrected chi connectivity index (χ0v) is 13.6. The van der Waals surface area contributed by atoms with Crippen molar-refractivity contribution in [3.05, 3.63) is 39.8 Å². The summed E-state index contributed by atoms with van der Waals surface area (Å²) in [5, 5.41) is 6.55. The standard InChI is InChI=1S/C16H21N3OS/c1-11-10-12(2)19(17-11)13(3)16(20)18-8-4-6-14(18)15-7-5-9-21-15/h5,7,9-10,13-14H,4,6,8H2,1-3H3. The van der Waals surface area contributed by atoms with Gasteiger partial charge in [0.25, 0.3) is 0 Å². The minimum Gasteiger partial charge on any atom is -0.333 e. The van der Waals surface area contributed by atoms with Gasteiger partial charge in [0.1, 0.15) is 6.04 Å². The van der Waals surface area contributed by atoms with Gasteiger partial charge in [-0.15, -0.1) is 11.3 Å². The smallest absolute Gasteiger partial charge is 0.247 e. The van der Waals surface area contributed by atoms with E-state index in [1.165, 1.54) is 4.88 Å². The molecule has 5 heteroatoms. The van der Waals surface area contributed by atoms with E-state index in [0.717, 1.165) is 30.8 Å². The number of nitrogens with zero attached hydrogens (tertiary/aromatic N) is 3. The fraction of sp³-hybridized carbons (Fsp3) is 0.500. The Morgan fingerprint density at radius 3 is 2.90 bits per heavy atom. The molecule has 112 valence electrons. The van der Waals surface area contributed by atoms with Crippen LogP contribution in [0.5, 0.6) is 0 Å². The van der Waals surface area contributed by atoms with Gasteiger partial charge in [-0.3, -0.25) is 9.48 Å². The summed E-state index contributed by atoms with van der Waals surface area (Å²) in [5.41, 5.74) is 2.00. The highest BCUT2D eigenvalue weighted by atomic mass is 32.1. The molecule has 1 saturated heterocycles. The van der Waals surface area contributed by atoms with Gasteiger partial charge in [0.15, 0.2) is 0 Å². The van der Waals surface area contributed by atoms with Crippen LogP contribution in [0.25, 0.3) is 0 Å². The fourth-order valence-electron chi connectivity index (χ4n) is 3.19. The van der Waals surface area contributed by atoms with E-state index < -0.39 is 0 Å². The molecule has 3 rings (SSSR count). The predicted molar refractivity (Wildman–Crippen MR) is 84.4 cm³/mol.